The monoisotopic (exact) mass is 252 g/mol. The largest absolute Gasteiger partial charge is 0.488 e. The molecule has 18 heavy (non-hydrogen) atoms. The van der Waals surface area contributed by atoms with Gasteiger partial charge in [-0.25, -0.2) is 9.40 Å². The van der Waals surface area contributed by atoms with Crippen LogP contribution < -0.4 is 10.2 Å². The molecule has 0 radical (unpaired) electrons. The van der Waals surface area contributed by atoms with Crippen LogP contribution in [0.15, 0.2) is 18.2 Å². The van der Waals surface area contributed by atoms with E-state index in [0.717, 1.165) is 50.6 Å². The number of morpholine rings is 1. The lowest BCUT2D eigenvalue weighted by molar-refractivity contribution is 0.00625. The zero-order valence-electron chi connectivity index (χ0n) is 10.2. The van der Waals surface area contributed by atoms with Gasteiger partial charge in [0.1, 0.15) is 17.7 Å². The third-order valence-corrected chi connectivity index (χ3v) is 3.32. The van der Waals surface area contributed by atoms with Crippen LogP contribution in [0.25, 0.3) is 0 Å². The van der Waals surface area contributed by atoms with Gasteiger partial charge in [0.25, 0.3) is 0 Å². The Balaban J connectivity index is 1.51. The summed E-state index contributed by atoms with van der Waals surface area (Å²) < 4.78 is 24.1. The van der Waals surface area contributed by atoms with Crippen LogP contribution in [0.4, 0.5) is 4.39 Å². The van der Waals surface area contributed by atoms with E-state index in [1.165, 1.54) is 6.07 Å². The number of hydrazine groups is 1. The van der Waals surface area contributed by atoms with Crippen molar-refractivity contribution < 1.29 is 13.9 Å². The number of hydrogen-bond acceptors (Lipinski definition) is 4. The molecule has 0 aromatic heterocycles. The first-order chi connectivity index (χ1) is 8.81. The molecule has 98 valence electrons. The maximum Gasteiger partial charge on any atom is 0.123 e. The maximum atomic E-state index is 13.1. The van der Waals surface area contributed by atoms with Crippen molar-refractivity contribution in [1.82, 2.24) is 10.4 Å². The van der Waals surface area contributed by atoms with E-state index in [1.807, 2.05) is 0 Å². The summed E-state index contributed by atoms with van der Waals surface area (Å²) in [6.45, 7) is 4.08. The van der Waals surface area contributed by atoms with Crippen molar-refractivity contribution in [2.75, 3.05) is 32.8 Å². The summed E-state index contributed by atoms with van der Waals surface area (Å²) in [6, 6.07) is 4.71. The Kier molecular flexibility index (Phi) is 3.45. The highest BCUT2D eigenvalue weighted by molar-refractivity contribution is 5.37. The van der Waals surface area contributed by atoms with Crippen LogP contribution >= 0.6 is 0 Å². The molecule has 1 saturated heterocycles. The van der Waals surface area contributed by atoms with Gasteiger partial charge in [-0.1, -0.05) is 0 Å². The van der Waals surface area contributed by atoms with Gasteiger partial charge in [-0.3, -0.25) is 5.43 Å². The van der Waals surface area contributed by atoms with Crippen molar-refractivity contribution in [2.45, 2.75) is 12.5 Å². The predicted molar refractivity (Wildman–Crippen MR) is 64.9 cm³/mol. The van der Waals surface area contributed by atoms with Gasteiger partial charge in [0, 0.05) is 31.6 Å². The highest BCUT2D eigenvalue weighted by Gasteiger charge is 2.23. The van der Waals surface area contributed by atoms with E-state index in [0.29, 0.717) is 0 Å². The zero-order valence-corrected chi connectivity index (χ0v) is 10.2. The van der Waals surface area contributed by atoms with Gasteiger partial charge >= 0.3 is 0 Å². The quantitative estimate of drug-likeness (QED) is 0.869. The lowest BCUT2D eigenvalue weighted by atomic mass is 10.1. The number of hydrogen-bond donors (Lipinski definition) is 1. The molecule has 1 unspecified atom stereocenters. The Labute approximate surface area is 106 Å². The fourth-order valence-corrected chi connectivity index (χ4v) is 2.36. The van der Waals surface area contributed by atoms with Crippen LogP contribution in [-0.2, 0) is 11.2 Å². The van der Waals surface area contributed by atoms with Crippen molar-refractivity contribution in [3.05, 3.63) is 29.6 Å². The van der Waals surface area contributed by atoms with Crippen LogP contribution in [-0.4, -0.2) is 44.0 Å². The van der Waals surface area contributed by atoms with E-state index >= 15 is 0 Å². The molecule has 2 aliphatic heterocycles. The number of halogens is 1. The molecule has 2 aliphatic rings. The molecule has 1 N–H and O–H groups in total. The molecular formula is C13H17FN2O2. The van der Waals surface area contributed by atoms with E-state index in [1.54, 1.807) is 12.1 Å². The Morgan fingerprint density at radius 3 is 3.00 bits per heavy atom. The summed E-state index contributed by atoms with van der Waals surface area (Å²) >= 11 is 0. The van der Waals surface area contributed by atoms with Gasteiger partial charge in [-0.15, -0.1) is 0 Å². The highest BCUT2D eigenvalue weighted by atomic mass is 19.1. The molecule has 1 aromatic carbocycles. The molecule has 0 spiro atoms. The smallest absolute Gasteiger partial charge is 0.123 e. The second kappa shape index (κ2) is 5.22. The molecule has 0 bridgehead atoms. The Hall–Kier alpha value is -1.17. The maximum absolute atomic E-state index is 13.1. The molecule has 1 atom stereocenters. The summed E-state index contributed by atoms with van der Waals surface area (Å²) in [4.78, 5) is 0. The van der Waals surface area contributed by atoms with E-state index < -0.39 is 0 Å². The number of rotatable bonds is 3. The van der Waals surface area contributed by atoms with Gasteiger partial charge in [0.2, 0.25) is 0 Å². The summed E-state index contributed by atoms with van der Waals surface area (Å²) in [5.41, 5.74) is 4.31. The van der Waals surface area contributed by atoms with Crippen molar-refractivity contribution in [3.8, 4) is 5.75 Å². The number of nitrogens with one attached hydrogen (secondary N) is 1. The third kappa shape index (κ3) is 2.63. The third-order valence-electron chi connectivity index (χ3n) is 3.32. The number of ether oxygens (including phenoxy) is 2. The van der Waals surface area contributed by atoms with E-state index in [-0.39, 0.29) is 11.9 Å². The Morgan fingerprint density at radius 1 is 1.33 bits per heavy atom. The van der Waals surface area contributed by atoms with Gasteiger partial charge < -0.3 is 9.47 Å². The molecular weight excluding hydrogens is 235 g/mol. The lowest BCUT2D eigenvalue weighted by Gasteiger charge is -2.28. The molecule has 4 nitrogen and oxygen atoms in total. The van der Waals surface area contributed by atoms with E-state index in [2.05, 4.69) is 10.4 Å². The highest BCUT2D eigenvalue weighted by Crippen LogP contribution is 2.28. The van der Waals surface area contributed by atoms with Crippen molar-refractivity contribution >= 4 is 0 Å². The van der Waals surface area contributed by atoms with E-state index in [9.17, 15) is 4.39 Å². The second-order valence-corrected chi connectivity index (χ2v) is 4.66. The second-order valence-electron chi connectivity index (χ2n) is 4.66. The fourth-order valence-electron chi connectivity index (χ4n) is 2.36. The van der Waals surface area contributed by atoms with Gasteiger partial charge in [0.05, 0.1) is 13.2 Å². The van der Waals surface area contributed by atoms with Gasteiger partial charge in [-0.2, -0.15) is 0 Å². The molecule has 0 amide bonds. The fraction of sp³-hybridized carbons (Fsp3) is 0.538. The average molecular weight is 252 g/mol. The van der Waals surface area contributed by atoms with Crippen LogP contribution in [0.2, 0.25) is 0 Å². The average Bonchev–Trinajstić information content (AvgIpc) is 2.79. The first kappa shape index (κ1) is 11.9. The van der Waals surface area contributed by atoms with E-state index in [4.69, 9.17) is 9.47 Å². The number of nitrogens with zero attached hydrogens (tertiary/aromatic N) is 1. The van der Waals surface area contributed by atoms with Gasteiger partial charge in [-0.05, 0) is 18.2 Å². The van der Waals surface area contributed by atoms with Crippen LogP contribution in [0.3, 0.4) is 0 Å². The van der Waals surface area contributed by atoms with Crippen LogP contribution in [0, 0.1) is 5.82 Å². The molecule has 2 heterocycles. The molecule has 1 fully saturated rings. The van der Waals surface area contributed by atoms with Crippen molar-refractivity contribution in [1.29, 1.82) is 0 Å². The van der Waals surface area contributed by atoms with Crippen molar-refractivity contribution in [2.24, 2.45) is 0 Å². The molecule has 3 rings (SSSR count). The standard InChI is InChI=1S/C13H17FN2O2/c14-11-1-2-13-10(7-11)8-12(18-13)9-15-16-3-5-17-6-4-16/h1-2,7,12,15H,3-6,8-9H2. The minimum atomic E-state index is -0.195. The SMILES string of the molecule is Fc1ccc2c(c1)CC(CNN1CCOCC1)O2. The number of benzene rings is 1. The van der Waals surface area contributed by atoms with Crippen LogP contribution in [0.5, 0.6) is 5.75 Å². The molecule has 5 heteroatoms. The topological polar surface area (TPSA) is 33.7 Å². The minimum absolute atomic E-state index is 0.0876. The molecule has 0 saturated carbocycles. The van der Waals surface area contributed by atoms with Crippen molar-refractivity contribution in [3.63, 3.8) is 0 Å². The van der Waals surface area contributed by atoms with Gasteiger partial charge in [0.15, 0.2) is 0 Å². The summed E-state index contributed by atoms with van der Waals surface area (Å²) in [6.07, 6.45) is 0.856. The lowest BCUT2D eigenvalue weighted by Crippen LogP contribution is -2.48. The first-order valence-corrected chi connectivity index (χ1v) is 6.32. The summed E-state index contributed by atoms with van der Waals surface area (Å²) in [5, 5.41) is 2.15. The molecule has 0 aliphatic carbocycles. The minimum Gasteiger partial charge on any atom is -0.488 e. The first-order valence-electron chi connectivity index (χ1n) is 6.32. The predicted octanol–water partition coefficient (Wildman–Crippen LogP) is 0.966. The molecule has 1 aromatic rings. The zero-order chi connectivity index (χ0) is 12.4. The number of fused-ring (bicyclic) bond motifs is 1. The Bertz CT molecular complexity index is 421. The summed E-state index contributed by atoms with van der Waals surface area (Å²) in [5.74, 6) is 0.615. The van der Waals surface area contributed by atoms with Crippen LogP contribution in [0.1, 0.15) is 5.56 Å². The summed E-state index contributed by atoms with van der Waals surface area (Å²) in [7, 11) is 0. The normalized spacial score (nSPS) is 23.7. The Morgan fingerprint density at radius 2 is 2.17 bits per heavy atom.